The van der Waals surface area contributed by atoms with E-state index in [4.69, 9.17) is 4.74 Å². The summed E-state index contributed by atoms with van der Waals surface area (Å²) in [6.07, 6.45) is 3.84. The van der Waals surface area contributed by atoms with Crippen LogP contribution in [0.4, 0.5) is 0 Å². The summed E-state index contributed by atoms with van der Waals surface area (Å²) in [4.78, 5) is 6.79. The highest BCUT2D eigenvalue weighted by atomic mass is 127. The second kappa shape index (κ2) is 4.62. The number of imidazole rings is 1. The van der Waals surface area contributed by atoms with Crippen molar-refractivity contribution in [3.63, 3.8) is 0 Å². The van der Waals surface area contributed by atoms with E-state index < -0.39 is 0 Å². The molecular formula is C11H18IN3O. The molecule has 16 heavy (non-hydrogen) atoms. The number of hydrogen-bond donors (Lipinski definition) is 0. The van der Waals surface area contributed by atoms with Gasteiger partial charge < -0.3 is 9.30 Å². The normalized spacial score (nSPS) is 25.9. The molecule has 1 saturated heterocycles. The number of hydrogen-bond acceptors (Lipinski definition) is 3. The van der Waals surface area contributed by atoms with Gasteiger partial charge in [-0.2, -0.15) is 0 Å². The van der Waals surface area contributed by atoms with Gasteiger partial charge in [0, 0.05) is 26.0 Å². The molecule has 2 heterocycles. The topological polar surface area (TPSA) is 30.3 Å². The first kappa shape index (κ1) is 12.3. The molecule has 0 aliphatic carbocycles. The second-order valence-electron chi connectivity index (χ2n) is 4.86. The minimum Gasteiger partial charge on any atom is -0.372 e. The molecule has 0 unspecified atom stereocenters. The van der Waals surface area contributed by atoms with E-state index in [1.807, 2.05) is 19.4 Å². The molecule has 1 aliphatic heterocycles. The minimum atomic E-state index is -0.0488. The highest BCUT2D eigenvalue weighted by Crippen LogP contribution is 2.25. The number of aromatic nitrogens is 2. The molecule has 2 rings (SSSR count). The van der Waals surface area contributed by atoms with Gasteiger partial charge in [-0.15, -0.1) is 0 Å². The molecule has 1 aliphatic rings. The zero-order valence-electron chi connectivity index (χ0n) is 9.98. The average Bonchev–Trinajstić information content (AvgIpc) is 2.58. The van der Waals surface area contributed by atoms with Crippen LogP contribution < -0.4 is 0 Å². The molecule has 90 valence electrons. The summed E-state index contributed by atoms with van der Waals surface area (Å²) in [5.41, 5.74) is -0.0488. The Bertz CT molecular complexity index is 364. The number of nitrogens with zero attached hydrogens (tertiary/aromatic N) is 3. The van der Waals surface area contributed by atoms with E-state index in [1.165, 1.54) is 0 Å². The van der Waals surface area contributed by atoms with Gasteiger partial charge in [0.2, 0.25) is 0 Å². The first-order valence-electron chi connectivity index (χ1n) is 5.46. The molecule has 1 atom stereocenters. The predicted octanol–water partition coefficient (Wildman–Crippen LogP) is 1.79. The van der Waals surface area contributed by atoms with Crippen LogP contribution in [-0.4, -0.2) is 37.3 Å². The molecule has 0 N–H and O–H groups in total. The summed E-state index contributed by atoms with van der Waals surface area (Å²) < 4.78 is 8.29. The molecule has 1 aromatic rings. The van der Waals surface area contributed by atoms with Crippen LogP contribution in [0.15, 0.2) is 12.4 Å². The van der Waals surface area contributed by atoms with Crippen molar-refractivity contribution in [2.45, 2.75) is 30.0 Å². The molecule has 5 heteroatoms. The summed E-state index contributed by atoms with van der Waals surface area (Å²) in [6, 6.07) is 0. The fourth-order valence-electron chi connectivity index (χ4n) is 1.92. The van der Waals surface area contributed by atoms with Crippen LogP contribution in [-0.2, 0) is 18.3 Å². The van der Waals surface area contributed by atoms with Crippen molar-refractivity contribution in [3.05, 3.63) is 18.2 Å². The van der Waals surface area contributed by atoms with Gasteiger partial charge in [0.1, 0.15) is 5.82 Å². The molecule has 0 radical (unpaired) electrons. The van der Waals surface area contributed by atoms with Crippen LogP contribution in [0, 0.1) is 0 Å². The van der Waals surface area contributed by atoms with E-state index in [1.54, 1.807) is 0 Å². The van der Waals surface area contributed by atoms with E-state index in [0.29, 0.717) is 4.05 Å². The number of ether oxygens (including phenoxy) is 1. The van der Waals surface area contributed by atoms with Crippen LogP contribution in [0.1, 0.15) is 19.7 Å². The Balaban J connectivity index is 2.06. The highest BCUT2D eigenvalue weighted by Gasteiger charge is 2.32. The molecule has 1 aromatic heterocycles. The van der Waals surface area contributed by atoms with Gasteiger partial charge in [-0.25, -0.2) is 4.98 Å². The van der Waals surface area contributed by atoms with Crippen LogP contribution in [0.25, 0.3) is 0 Å². The Labute approximate surface area is 110 Å². The Morgan fingerprint density at radius 2 is 2.38 bits per heavy atom. The zero-order valence-corrected chi connectivity index (χ0v) is 12.1. The largest absolute Gasteiger partial charge is 0.372 e. The quantitative estimate of drug-likeness (QED) is 0.469. The van der Waals surface area contributed by atoms with E-state index in [0.717, 1.165) is 25.5 Å². The molecule has 0 saturated carbocycles. The molecule has 0 amide bonds. The number of alkyl halides is 1. The smallest absolute Gasteiger partial charge is 0.122 e. The SMILES string of the molecule is Cn1ccnc1CN1CC(C)(C)OC[C@H]1I. The first-order chi connectivity index (χ1) is 7.48. The van der Waals surface area contributed by atoms with Gasteiger partial charge in [-0.05, 0) is 13.8 Å². The van der Waals surface area contributed by atoms with Crippen LogP contribution in [0.3, 0.4) is 0 Å². The third-order valence-electron chi connectivity index (χ3n) is 2.86. The lowest BCUT2D eigenvalue weighted by Gasteiger charge is -2.41. The lowest BCUT2D eigenvalue weighted by Crippen LogP contribution is -2.51. The van der Waals surface area contributed by atoms with Crippen molar-refractivity contribution in [1.29, 1.82) is 0 Å². The Morgan fingerprint density at radius 1 is 1.62 bits per heavy atom. The minimum absolute atomic E-state index is 0.0488. The van der Waals surface area contributed by atoms with Gasteiger partial charge >= 0.3 is 0 Å². The van der Waals surface area contributed by atoms with Crippen LogP contribution in [0.5, 0.6) is 0 Å². The van der Waals surface area contributed by atoms with Crippen molar-refractivity contribution in [2.24, 2.45) is 7.05 Å². The number of rotatable bonds is 2. The summed E-state index contributed by atoms with van der Waals surface area (Å²) in [6.45, 7) is 6.91. The lowest BCUT2D eigenvalue weighted by molar-refractivity contribution is -0.0937. The van der Waals surface area contributed by atoms with Gasteiger partial charge in [0.05, 0.1) is 22.8 Å². The molecule has 0 aromatic carbocycles. The lowest BCUT2D eigenvalue weighted by atomic mass is 10.1. The zero-order chi connectivity index (χ0) is 11.8. The van der Waals surface area contributed by atoms with Crippen molar-refractivity contribution < 1.29 is 4.74 Å². The van der Waals surface area contributed by atoms with Gasteiger partial charge in [-0.1, -0.05) is 22.6 Å². The Morgan fingerprint density at radius 3 is 3.00 bits per heavy atom. The number of aryl methyl sites for hydroxylation is 1. The van der Waals surface area contributed by atoms with E-state index in [2.05, 4.69) is 50.9 Å². The van der Waals surface area contributed by atoms with Crippen LogP contribution >= 0.6 is 22.6 Å². The van der Waals surface area contributed by atoms with Crippen molar-refractivity contribution >= 4 is 22.6 Å². The Kier molecular flexibility index (Phi) is 3.56. The first-order valence-corrected chi connectivity index (χ1v) is 6.71. The third-order valence-corrected chi connectivity index (χ3v) is 4.00. The van der Waals surface area contributed by atoms with Crippen molar-refractivity contribution in [2.75, 3.05) is 13.2 Å². The van der Waals surface area contributed by atoms with E-state index >= 15 is 0 Å². The van der Waals surface area contributed by atoms with Gasteiger partial charge in [0.15, 0.2) is 0 Å². The molecule has 4 nitrogen and oxygen atoms in total. The molecular weight excluding hydrogens is 317 g/mol. The maximum atomic E-state index is 5.78. The standard InChI is InChI=1S/C11H18IN3O/c1-11(2)8-15(9(12)7-16-11)6-10-13-4-5-14(10)3/h4-5,9H,6-8H2,1-3H3/t9-/m0/s1. The molecule has 0 spiro atoms. The van der Waals surface area contributed by atoms with E-state index in [9.17, 15) is 0 Å². The van der Waals surface area contributed by atoms with Gasteiger partial charge in [0.25, 0.3) is 0 Å². The highest BCUT2D eigenvalue weighted by molar-refractivity contribution is 14.1. The molecule has 0 bridgehead atoms. The van der Waals surface area contributed by atoms with Gasteiger partial charge in [-0.3, -0.25) is 4.90 Å². The maximum Gasteiger partial charge on any atom is 0.122 e. The monoisotopic (exact) mass is 335 g/mol. The average molecular weight is 335 g/mol. The maximum absolute atomic E-state index is 5.78. The number of morpholine rings is 1. The second-order valence-corrected chi connectivity index (χ2v) is 6.30. The van der Waals surface area contributed by atoms with Crippen molar-refractivity contribution in [1.82, 2.24) is 14.5 Å². The number of halogens is 1. The van der Waals surface area contributed by atoms with E-state index in [-0.39, 0.29) is 5.60 Å². The predicted molar refractivity (Wildman–Crippen MR) is 71.5 cm³/mol. The van der Waals surface area contributed by atoms with Crippen molar-refractivity contribution in [3.8, 4) is 0 Å². The fourth-order valence-corrected chi connectivity index (χ4v) is 2.49. The summed E-state index contributed by atoms with van der Waals surface area (Å²) >= 11 is 2.44. The summed E-state index contributed by atoms with van der Waals surface area (Å²) in [7, 11) is 2.04. The Hall–Kier alpha value is -0.140. The third kappa shape index (κ3) is 2.75. The summed E-state index contributed by atoms with van der Waals surface area (Å²) in [5.74, 6) is 1.11. The summed E-state index contributed by atoms with van der Waals surface area (Å²) in [5, 5.41) is 0. The fraction of sp³-hybridized carbons (Fsp3) is 0.727. The van der Waals surface area contributed by atoms with Crippen LogP contribution in [0.2, 0.25) is 0 Å². The molecule has 1 fully saturated rings.